The Balaban J connectivity index is 1.87. The molecule has 1 N–H and O–H groups in total. The highest BCUT2D eigenvalue weighted by atomic mass is 32.2. The highest BCUT2D eigenvalue weighted by Gasteiger charge is 2.14. The molecule has 0 saturated carbocycles. The van der Waals surface area contributed by atoms with Gasteiger partial charge in [-0.2, -0.15) is 4.98 Å². The summed E-state index contributed by atoms with van der Waals surface area (Å²) in [5.74, 6) is 2.04. The zero-order valence-electron chi connectivity index (χ0n) is 12.1. The second-order valence-electron chi connectivity index (χ2n) is 5.39. The summed E-state index contributed by atoms with van der Waals surface area (Å²) >= 11 is 3.10. The summed E-state index contributed by atoms with van der Waals surface area (Å²) in [7, 11) is 0. The van der Waals surface area contributed by atoms with Gasteiger partial charge in [0.2, 0.25) is 11.0 Å². The highest BCUT2D eigenvalue weighted by molar-refractivity contribution is 8.00. The van der Waals surface area contributed by atoms with Crippen LogP contribution in [0.1, 0.15) is 45.8 Å². The smallest absolute Gasteiger partial charge is 0.237 e. The Morgan fingerprint density at radius 1 is 1.30 bits per heavy atom. The van der Waals surface area contributed by atoms with Crippen LogP contribution < -0.4 is 5.32 Å². The average molecular weight is 313 g/mol. The van der Waals surface area contributed by atoms with Gasteiger partial charge in [0.15, 0.2) is 10.2 Å². The molecular formula is C12H19N5OS2. The fourth-order valence-electron chi connectivity index (χ4n) is 1.44. The van der Waals surface area contributed by atoms with Gasteiger partial charge >= 0.3 is 0 Å². The molecule has 0 fully saturated rings. The lowest BCUT2D eigenvalue weighted by atomic mass is 10.1. The van der Waals surface area contributed by atoms with Crippen LogP contribution >= 0.6 is 23.1 Å². The number of aryl methyl sites for hydroxylation is 1. The third kappa shape index (κ3) is 4.75. The van der Waals surface area contributed by atoms with Gasteiger partial charge in [-0.3, -0.25) is 0 Å². The molecule has 0 atom stereocenters. The largest absolute Gasteiger partial charge is 0.355 e. The molecule has 20 heavy (non-hydrogen) atoms. The summed E-state index contributed by atoms with van der Waals surface area (Å²) in [4.78, 5) is 4.32. The second-order valence-corrected chi connectivity index (χ2v) is 7.59. The third-order valence-electron chi connectivity index (χ3n) is 2.19. The molecule has 6 nitrogen and oxygen atoms in total. The molecule has 0 radical (unpaired) electrons. The summed E-state index contributed by atoms with van der Waals surface area (Å²) in [6, 6.07) is 0. The van der Waals surface area contributed by atoms with Crippen LogP contribution in [0, 0.1) is 0 Å². The standard InChI is InChI=1S/C12H19N5OS2/c1-5-6-8-13-9(18-17-8)7-19-11-16-15-10(20-11)14-12(2,3)4/h5-7H2,1-4H3,(H,14,15). The van der Waals surface area contributed by atoms with Crippen molar-refractivity contribution in [3.8, 4) is 0 Å². The maximum absolute atomic E-state index is 5.19. The van der Waals surface area contributed by atoms with Gasteiger partial charge in [-0.15, -0.1) is 10.2 Å². The first kappa shape index (κ1) is 15.2. The second kappa shape index (κ2) is 6.53. The number of nitrogens with zero attached hydrogens (tertiary/aromatic N) is 4. The fraction of sp³-hybridized carbons (Fsp3) is 0.667. The minimum absolute atomic E-state index is 0.0109. The van der Waals surface area contributed by atoms with Gasteiger partial charge in [0.05, 0.1) is 5.75 Å². The lowest BCUT2D eigenvalue weighted by Gasteiger charge is -2.18. The monoisotopic (exact) mass is 313 g/mol. The van der Waals surface area contributed by atoms with Crippen molar-refractivity contribution in [2.75, 3.05) is 5.32 Å². The van der Waals surface area contributed by atoms with Crippen molar-refractivity contribution in [2.45, 2.75) is 56.2 Å². The number of rotatable bonds is 6. The molecule has 0 bridgehead atoms. The van der Waals surface area contributed by atoms with E-state index in [1.165, 1.54) is 11.3 Å². The molecule has 0 aliphatic heterocycles. The first-order chi connectivity index (χ1) is 9.46. The lowest BCUT2D eigenvalue weighted by molar-refractivity contribution is 0.384. The molecule has 0 aromatic carbocycles. The number of aromatic nitrogens is 4. The van der Waals surface area contributed by atoms with Gasteiger partial charge in [0.25, 0.3) is 0 Å². The Bertz CT molecular complexity index is 546. The van der Waals surface area contributed by atoms with Crippen molar-refractivity contribution < 1.29 is 4.52 Å². The molecule has 0 saturated heterocycles. The Morgan fingerprint density at radius 3 is 2.80 bits per heavy atom. The quantitative estimate of drug-likeness (QED) is 0.819. The highest BCUT2D eigenvalue weighted by Crippen LogP contribution is 2.29. The number of nitrogens with one attached hydrogen (secondary N) is 1. The van der Waals surface area contributed by atoms with E-state index in [2.05, 4.69) is 53.3 Å². The van der Waals surface area contributed by atoms with Crippen molar-refractivity contribution in [1.29, 1.82) is 0 Å². The summed E-state index contributed by atoms with van der Waals surface area (Å²) in [5.41, 5.74) is -0.0109. The summed E-state index contributed by atoms with van der Waals surface area (Å²) in [6.45, 7) is 8.37. The zero-order chi connectivity index (χ0) is 14.6. The predicted octanol–water partition coefficient (Wildman–Crippen LogP) is 3.38. The summed E-state index contributed by atoms with van der Waals surface area (Å²) in [5, 5.41) is 16.3. The molecule has 2 aromatic rings. The Kier molecular flexibility index (Phi) is 4.98. The van der Waals surface area contributed by atoms with Gasteiger partial charge in [-0.25, -0.2) is 0 Å². The van der Waals surface area contributed by atoms with Crippen molar-refractivity contribution in [3.63, 3.8) is 0 Å². The van der Waals surface area contributed by atoms with Crippen LogP contribution in [0.25, 0.3) is 0 Å². The van der Waals surface area contributed by atoms with E-state index in [0.717, 1.165) is 28.1 Å². The molecule has 110 valence electrons. The van der Waals surface area contributed by atoms with E-state index in [9.17, 15) is 0 Å². The van der Waals surface area contributed by atoms with Crippen molar-refractivity contribution in [3.05, 3.63) is 11.7 Å². The summed E-state index contributed by atoms with van der Waals surface area (Å²) in [6.07, 6.45) is 1.87. The first-order valence-electron chi connectivity index (χ1n) is 6.52. The first-order valence-corrected chi connectivity index (χ1v) is 8.32. The average Bonchev–Trinajstić information content (AvgIpc) is 2.94. The molecule has 2 rings (SSSR count). The van der Waals surface area contributed by atoms with Gasteiger partial charge in [0.1, 0.15) is 0 Å². The number of hydrogen-bond acceptors (Lipinski definition) is 8. The molecule has 0 spiro atoms. The van der Waals surface area contributed by atoms with Gasteiger partial charge in [0, 0.05) is 12.0 Å². The molecule has 8 heteroatoms. The van der Waals surface area contributed by atoms with Crippen LogP contribution in [0.5, 0.6) is 0 Å². The van der Waals surface area contributed by atoms with E-state index >= 15 is 0 Å². The maximum atomic E-state index is 5.19. The minimum Gasteiger partial charge on any atom is -0.355 e. The Hall–Kier alpha value is -1.15. The van der Waals surface area contributed by atoms with Crippen molar-refractivity contribution in [1.82, 2.24) is 20.3 Å². The number of hydrogen-bond donors (Lipinski definition) is 1. The SMILES string of the molecule is CCCc1noc(CSc2nnc(NC(C)(C)C)s2)n1. The zero-order valence-corrected chi connectivity index (χ0v) is 13.8. The van der Waals surface area contributed by atoms with Crippen LogP contribution in [0.15, 0.2) is 8.86 Å². The number of thioether (sulfide) groups is 1. The Labute approximate surface area is 126 Å². The molecule has 2 aromatic heterocycles. The molecule has 0 amide bonds. The normalized spacial score (nSPS) is 11.8. The van der Waals surface area contributed by atoms with Crippen LogP contribution in [0.3, 0.4) is 0 Å². The van der Waals surface area contributed by atoms with Crippen LogP contribution in [0.4, 0.5) is 5.13 Å². The van der Waals surface area contributed by atoms with Crippen LogP contribution in [0.2, 0.25) is 0 Å². The molecule has 0 aliphatic carbocycles. The minimum atomic E-state index is -0.0109. The Morgan fingerprint density at radius 2 is 2.10 bits per heavy atom. The van der Waals surface area contributed by atoms with Crippen LogP contribution in [-0.2, 0) is 12.2 Å². The molecule has 0 aliphatic rings. The molecular weight excluding hydrogens is 294 g/mol. The van der Waals surface area contributed by atoms with Gasteiger partial charge in [-0.1, -0.05) is 35.2 Å². The van der Waals surface area contributed by atoms with E-state index in [0.29, 0.717) is 11.6 Å². The topological polar surface area (TPSA) is 76.7 Å². The third-order valence-corrected chi connectivity index (χ3v) is 4.15. The van der Waals surface area contributed by atoms with E-state index < -0.39 is 0 Å². The van der Waals surface area contributed by atoms with E-state index in [-0.39, 0.29) is 5.54 Å². The van der Waals surface area contributed by atoms with Gasteiger partial charge in [-0.05, 0) is 27.2 Å². The van der Waals surface area contributed by atoms with Crippen LogP contribution in [-0.4, -0.2) is 25.9 Å². The van der Waals surface area contributed by atoms with Crippen molar-refractivity contribution in [2.24, 2.45) is 0 Å². The maximum Gasteiger partial charge on any atom is 0.237 e. The van der Waals surface area contributed by atoms with E-state index in [1.54, 1.807) is 11.8 Å². The van der Waals surface area contributed by atoms with Gasteiger partial charge < -0.3 is 9.84 Å². The predicted molar refractivity (Wildman–Crippen MR) is 81.1 cm³/mol. The fourth-order valence-corrected chi connectivity index (χ4v) is 3.23. The summed E-state index contributed by atoms with van der Waals surface area (Å²) < 4.78 is 6.08. The lowest BCUT2D eigenvalue weighted by Crippen LogP contribution is -2.25. The van der Waals surface area contributed by atoms with E-state index in [1.807, 2.05) is 0 Å². The molecule has 0 unspecified atom stereocenters. The van der Waals surface area contributed by atoms with E-state index in [4.69, 9.17) is 4.52 Å². The van der Waals surface area contributed by atoms with Crippen molar-refractivity contribution >= 4 is 28.2 Å². The molecule has 2 heterocycles. The number of anilines is 1.